The van der Waals surface area contributed by atoms with Crippen LogP contribution in [0.3, 0.4) is 0 Å². The van der Waals surface area contributed by atoms with E-state index in [-0.39, 0.29) is 12.3 Å². The van der Waals surface area contributed by atoms with E-state index >= 15 is 0 Å². The van der Waals surface area contributed by atoms with Gasteiger partial charge in [0.1, 0.15) is 0 Å². The standard InChI is InChI=1S/C13H19NO2/c1-9(2)14-7-11-5-3-4-10(6-13(15)16)12(11)8-14/h7-10H,3-6H2,1-2H3,(H,15,16). The van der Waals surface area contributed by atoms with Crippen molar-refractivity contribution in [2.45, 2.75) is 51.5 Å². The molecule has 1 heterocycles. The van der Waals surface area contributed by atoms with Gasteiger partial charge in [0.15, 0.2) is 0 Å². The van der Waals surface area contributed by atoms with E-state index in [4.69, 9.17) is 5.11 Å². The van der Waals surface area contributed by atoms with Crippen LogP contribution in [0.15, 0.2) is 12.4 Å². The lowest BCUT2D eigenvalue weighted by atomic mass is 9.84. The molecule has 0 fully saturated rings. The second-order valence-corrected chi connectivity index (χ2v) is 4.97. The van der Waals surface area contributed by atoms with Crippen LogP contribution in [0.25, 0.3) is 0 Å². The Balaban J connectivity index is 2.27. The van der Waals surface area contributed by atoms with Gasteiger partial charge in [0.2, 0.25) is 0 Å². The molecule has 0 aliphatic heterocycles. The summed E-state index contributed by atoms with van der Waals surface area (Å²) in [6.07, 6.45) is 7.84. The van der Waals surface area contributed by atoms with Gasteiger partial charge in [-0.15, -0.1) is 0 Å². The highest BCUT2D eigenvalue weighted by Crippen LogP contribution is 2.35. The Morgan fingerprint density at radius 1 is 1.56 bits per heavy atom. The highest BCUT2D eigenvalue weighted by atomic mass is 16.4. The Morgan fingerprint density at radius 2 is 2.31 bits per heavy atom. The summed E-state index contributed by atoms with van der Waals surface area (Å²) in [7, 11) is 0. The summed E-state index contributed by atoms with van der Waals surface area (Å²) in [5.41, 5.74) is 2.62. The molecule has 2 rings (SSSR count). The summed E-state index contributed by atoms with van der Waals surface area (Å²) in [6.45, 7) is 4.30. The van der Waals surface area contributed by atoms with Gasteiger partial charge in [0, 0.05) is 18.4 Å². The van der Waals surface area contributed by atoms with Gasteiger partial charge in [-0.05, 0) is 50.2 Å². The Kier molecular flexibility index (Phi) is 3.03. The summed E-state index contributed by atoms with van der Waals surface area (Å²) in [5, 5.41) is 8.90. The lowest BCUT2D eigenvalue weighted by molar-refractivity contribution is -0.137. The van der Waals surface area contributed by atoms with Crippen molar-refractivity contribution in [2.75, 3.05) is 0 Å². The molecule has 0 saturated heterocycles. The fraction of sp³-hybridized carbons (Fsp3) is 0.615. The van der Waals surface area contributed by atoms with Crippen LogP contribution in [0.5, 0.6) is 0 Å². The first-order chi connectivity index (χ1) is 7.58. The van der Waals surface area contributed by atoms with Gasteiger partial charge in [0.05, 0.1) is 6.42 Å². The number of carbonyl (C=O) groups is 1. The van der Waals surface area contributed by atoms with Crippen LogP contribution in [-0.2, 0) is 11.2 Å². The van der Waals surface area contributed by atoms with Crippen LogP contribution >= 0.6 is 0 Å². The maximum absolute atomic E-state index is 10.8. The van der Waals surface area contributed by atoms with E-state index in [1.54, 1.807) is 0 Å². The Hall–Kier alpha value is -1.25. The number of carboxylic acid groups (broad SMARTS) is 1. The minimum Gasteiger partial charge on any atom is -0.481 e. The normalized spacial score (nSPS) is 19.8. The molecule has 3 nitrogen and oxygen atoms in total. The first-order valence-electron chi connectivity index (χ1n) is 6.00. The summed E-state index contributed by atoms with van der Waals surface area (Å²) in [6, 6.07) is 0.455. The third-order valence-corrected chi connectivity index (χ3v) is 3.42. The average molecular weight is 221 g/mol. The lowest BCUT2D eigenvalue weighted by Gasteiger charge is -2.20. The number of aliphatic carboxylic acids is 1. The number of rotatable bonds is 3. The molecule has 0 saturated carbocycles. The van der Waals surface area contributed by atoms with E-state index in [9.17, 15) is 4.79 Å². The van der Waals surface area contributed by atoms with Crippen molar-refractivity contribution in [3.63, 3.8) is 0 Å². The van der Waals surface area contributed by atoms with E-state index in [0.717, 1.165) is 19.3 Å². The number of hydrogen-bond acceptors (Lipinski definition) is 1. The molecule has 1 atom stereocenters. The molecule has 1 aliphatic carbocycles. The second kappa shape index (κ2) is 4.32. The van der Waals surface area contributed by atoms with Crippen LogP contribution in [0.1, 0.15) is 56.2 Å². The Bertz CT molecular complexity index is 393. The van der Waals surface area contributed by atoms with E-state index in [1.807, 2.05) is 0 Å². The molecule has 1 unspecified atom stereocenters. The van der Waals surface area contributed by atoms with E-state index in [0.29, 0.717) is 6.04 Å². The molecule has 0 bridgehead atoms. The number of fused-ring (bicyclic) bond motifs is 1. The quantitative estimate of drug-likeness (QED) is 0.852. The SMILES string of the molecule is CC(C)n1cc2c(c1)C(CC(=O)O)CCC2. The van der Waals surface area contributed by atoms with Crippen molar-refractivity contribution in [3.8, 4) is 0 Å². The molecule has 1 aliphatic rings. The highest BCUT2D eigenvalue weighted by molar-refractivity contribution is 5.68. The van der Waals surface area contributed by atoms with Crippen LogP contribution in [0.2, 0.25) is 0 Å². The van der Waals surface area contributed by atoms with Gasteiger partial charge in [0.25, 0.3) is 0 Å². The van der Waals surface area contributed by atoms with E-state index < -0.39 is 5.97 Å². The van der Waals surface area contributed by atoms with Gasteiger partial charge in [-0.25, -0.2) is 0 Å². The maximum Gasteiger partial charge on any atom is 0.303 e. The highest BCUT2D eigenvalue weighted by Gasteiger charge is 2.24. The number of nitrogens with zero attached hydrogens (tertiary/aromatic N) is 1. The largest absolute Gasteiger partial charge is 0.481 e. The molecule has 88 valence electrons. The van der Waals surface area contributed by atoms with E-state index in [1.165, 1.54) is 11.1 Å². The Labute approximate surface area is 96.1 Å². The van der Waals surface area contributed by atoms with Crippen LogP contribution in [0.4, 0.5) is 0 Å². The number of aromatic nitrogens is 1. The molecule has 0 aromatic carbocycles. The minimum absolute atomic E-state index is 0.223. The van der Waals surface area contributed by atoms with Crippen molar-refractivity contribution in [1.82, 2.24) is 4.57 Å². The molecular formula is C13H19NO2. The number of hydrogen-bond donors (Lipinski definition) is 1. The fourth-order valence-electron chi connectivity index (χ4n) is 2.53. The number of carboxylic acids is 1. The molecule has 16 heavy (non-hydrogen) atoms. The van der Waals surface area contributed by atoms with Crippen LogP contribution in [0, 0.1) is 0 Å². The molecule has 1 N–H and O–H groups in total. The molecular weight excluding hydrogens is 202 g/mol. The lowest BCUT2D eigenvalue weighted by Crippen LogP contribution is -2.11. The molecule has 0 amide bonds. The molecule has 3 heteroatoms. The van der Waals surface area contributed by atoms with Gasteiger partial charge >= 0.3 is 5.97 Å². The molecule has 0 radical (unpaired) electrons. The van der Waals surface area contributed by atoms with Crippen LogP contribution in [-0.4, -0.2) is 15.6 Å². The molecule has 1 aromatic rings. The fourth-order valence-corrected chi connectivity index (χ4v) is 2.53. The van der Waals surface area contributed by atoms with Crippen LogP contribution < -0.4 is 0 Å². The minimum atomic E-state index is -0.685. The first kappa shape index (κ1) is 11.2. The van der Waals surface area contributed by atoms with Gasteiger partial charge < -0.3 is 9.67 Å². The summed E-state index contributed by atoms with van der Waals surface area (Å²) in [4.78, 5) is 10.8. The Morgan fingerprint density at radius 3 is 2.94 bits per heavy atom. The average Bonchev–Trinajstić information content (AvgIpc) is 2.61. The van der Waals surface area contributed by atoms with E-state index in [2.05, 4.69) is 30.8 Å². The topological polar surface area (TPSA) is 42.2 Å². The zero-order valence-electron chi connectivity index (χ0n) is 9.94. The third kappa shape index (κ3) is 2.13. The zero-order chi connectivity index (χ0) is 11.7. The summed E-state index contributed by atoms with van der Waals surface area (Å²) < 4.78 is 2.20. The van der Waals surface area contributed by atoms with Gasteiger partial charge in [-0.1, -0.05) is 0 Å². The van der Waals surface area contributed by atoms with Crippen molar-refractivity contribution >= 4 is 5.97 Å². The van der Waals surface area contributed by atoms with Gasteiger partial charge in [-0.3, -0.25) is 4.79 Å². The number of aryl methyl sites for hydroxylation is 1. The molecule has 0 spiro atoms. The predicted molar refractivity (Wildman–Crippen MR) is 62.7 cm³/mol. The summed E-state index contributed by atoms with van der Waals surface area (Å²) in [5.74, 6) is -0.462. The predicted octanol–water partition coefficient (Wildman–Crippen LogP) is 2.96. The van der Waals surface area contributed by atoms with Crippen molar-refractivity contribution < 1.29 is 9.90 Å². The second-order valence-electron chi connectivity index (χ2n) is 4.97. The molecule has 1 aromatic heterocycles. The maximum atomic E-state index is 10.8. The van der Waals surface area contributed by atoms with Gasteiger partial charge in [-0.2, -0.15) is 0 Å². The smallest absolute Gasteiger partial charge is 0.303 e. The zero-order valence-corrected chi connectivity index (χ0v) is 9.94. The summed E-state index contributed by atoms with van der Waals surface area (Å²) >= 11 is 0. The third-order valence-electron chi connectivity index (χ3n) is 3.42. The monoisotopic (exact) mass is 221 g/mol. The van der Waals surface area contributed by atoms with Crippen molar-refractivity contribution in [2.24, 2.45) is 0 Å². The first-order valence-corrected chi connectivity index (χ1v) is 6.00. The van der Waals surface area contributed by atoms with Crippen molar-refractivity contribution in [1.29, 1.82) is 0 Å². The van der Waals surface area contributed by atoms with Crippen molar-refractivity contribution in [3.05, 3.63) is 23.5 Å².